The molecule has 1 aromatic heterocycles. The van der Waals surface area contributed by atoms with E-state index in [4.69, 9.17) is 5.73 Å². The summed E-state index contributed by atoms with van der Waals surface area (Å²) in [6, 6.07) is 0.884. The second-order valence-electron chi connectivity index (χ2n) is 5.23. The summed E-state index contributed by atoms with van der Waals surface area (Å²) >= 11 is 0. The fourth-order valence-corrected chi connectivity index (χ4v) is 2.49. The van der Waals surface area contributed by atoms with Gasteiger partial charge in [0.2, 0.25) is 0 Å². The van der Waals surface area contributed by atoms with Crippen LogP contribution in [-0.2, 0) is 0 Å². The van der Waals surface area contributed by atoms with Crippen LogP contribution in [0.5, 0.6) is 0 Å². The van der Waals surface area contributed by atoms with E-state index in [2.05, 4.69) is 33.6 Å². The Morgan fingerprint density at radius 3 is 2.79 bits per heavy atom. The molecule has 1 aliphatic rings. The van der Waals surface area contributed by atoms with Crippen molar-refractivity contribution in [1.82, 2.24) is 19.8 Å². The van der Waals surface area contributed by atoms with Crippen molar-refractivity contribution in [2.24, 2.45) is 5.73 Å². The van der Waals surface area contributed by atoms with E-state index < -0.39 is 0 Å². The molecule has 1 saturated carbocycles. The van der Waals surface area contributed by atoms with Gasteiger partial charge in [-0.1, -0.05) is 13.8 Å². The van der Waals surface area contributed by atoms with Crippen molar-refractivity contribution < 1.29 is 0 Å². The van der Waals surface area contributed by atoms with E-state index in [0.717, 1.165) is 26.2 Å². The molecular weight excluding hydrogens is 238 g/mol. The Morgan fingerprint density at radius 2 is 2.21 bits per heavy atom. The normalized spacial score (nSPS) is 17.1. The Kier molecular flexibility index (Phi) is 5.36. The number of hydrogen-bond donors (Lipinski definition) is 2. The number of likely N-dealkylation sites (N-methyl/N-ethyl adjacent to an activating group) is 1. The standard InChI is InChI=1S/C14H27N5/c1-3-18(4-2)8-7-17-13(9-15)14-10-16-11-19(14)12-5-6-12/h10-13,17H,3-9,15H2,1-2H3. The molecule has 1 fully saturated rings. The molecule has 0 saturated heterocycles. The van der Waals surface area contributed by atoms with Crippen LogP contribution in [0, 0.1) is 0 Å². The summed E-state index contributed by atoms with van der Waals surface area (Å²) in [6.45, 7) is 9.27. The first-order valence-corrected chi connectivity index (χ1v) is 7.47. The van der Waals surface area contributed by atoms with Crippen LogP contribution in [0.25, 0.3) is 0 Å². The molecule has 1 unspecified atom stereocenters. The van der Waals surface area contributed by atoms with Gasteiger partial charge in [-0.2, -0.15) is 0 Å². The van der Waals surface area contributed by atoms with E-state index in [9.17, 15) is 0 Å². The first-order valence-electron chi connectivity index (χ1n) is 7.47. The summed E-state index contributed by atoms with van der Waals surface area (Å²) in [4.78, 5) is 6.70. The number of nitrogens with zero attached hydrogens (tertiary/aromatic N) is 3. The molecule has 19 heavy (non-hydrogen) atoms. The van der Waals surface area contributed by atoms with Crippen LogP contribution < -0.4 is 11.1 Å². The van der Waals surface area contributed by atoms with Crippen molar-refractivity contribution >= 4 is 0 Å². The van der Waals surface area contributed by atoms with Crippen molar-refractivity contribution in [2.75, 3.05) is 32.7 Å². The lowest BCUT2D eigenvalue weighted by Gasteiger charge is -2.22. The molecule has 2 rings (SSSR count). The summed E-state index contributed by atoms with van der Waals surface area (Å²) in [7, 11) is 0. The number of rotatable bonds is 9. The van der Waals surface area contributed by atoms with Crippen LogP contribution in [0.1, 0.15) is 44.5 Å². The van der Waals surface area contributed by atoms with Gasteiger partial charge in [0.1, 0.15) is 0 Å². The molecule has 3 N–H and O–H groups in total. The number of imidazole rings is 1. The highest BCUT2D eigenvalue weighted by molar-refractivity contribution is 5.09. The molecule has 1 heterocycles. The number of nitrogens with one attached hydrogen (secondary N) is 1. The maximum absolute atomic E-state index is 5.92. The minimum absolute atomic E-state index is 0.221. The lowest BCUT2D eigenvalue weighted by Crippen LogP contribution is -2.36. The van der Waals surface area contributed by atoms with Crippen molar-refractivity contribution in [3.8, 4) is 0 Å². The van der Waals surface area contributed by atoms with Crippen LogP contribution >= 0.6 is 0 Å². The van der Waals surface area contributed by atoms with Gasteiger partial charge < -0.3 is 20.5 Å². The molecule has 0 aliphatic heterocycles. The quantitative estimate of drug-likeness (QED) is 0.703. The first-order chi connectivity index (χ1) is 9.30. The molecule has 5 nitrogen and oxygen atoms in total. The molecule has 108 valence electrons. The van der Waals surface area contributed by atoms with Crippen molar-refractivity contribution in [1.29, 1.82) is 0 Å². The molecule has 0 spiro atoms. The second kappa shape index (κ2) is 7.03. The zero-order chi connectivity index (χ0) is 13.7. The van der Waals surface area contributed by atoms with Crippen LogP contribution in [0.15, 0.2) is 12.5 Å². The fraction of sp³-hybridized carbons (Fsp3) is 0.786. The fourth-order valence-electron chi connectivity index (χ4n) is 2.49. The van der Waals surface area contributed by atoms with E-state index in [1.54, 1.807) is 0 Å². The average molecular weight is 265 g/mol. The molecule has 1 aliphatic carbocycles. The van der Waals surface area contributed by atoms with E-state index >= 15 is 0 Å². The zero-order valence-corrected chi connectivity index (χ0v) is 12.2. The Morgan fingerprint density at radius 1 is 1.47 bits per heavy atom. The third-order valence-electron chi connectivity index (χ3n) is 3.94. The smallest absolute Gasteiger partial charge is 0.0951 e. The third-order valence-corrected chi connectivity index (χ3v) is 3.94. The largest absolute Gasteiger partial charge is 0.330 e. The SMILES string of the molecule is CCN(CC)CCNC(CN)c1cncn1C1CC1. The van der Waals surface area contributed by atoms with Crippen molar-refractivity contribution in [3.63, 3.8) is 0 Å². The lowest BCUT2D eigenvalue weighted by molar-refractivity contribution is 0.295. The first kappa shape index (κ1) is 14.5. The average Bonchev–Trinajstić information content (AvgIpc) is 3.18. The van der Waals surface area contributed by atoms with Gasteiger partial charge in [-0.3, -0.25) is 0 Å². The van der Waals surface area contributed by atoms with Crippen LogP contribution in [0.4, 0.5) is 0 Å². The van der Waals surface area contributed by atoms with E-state index in [1.165, 1.54) is 18.5 Å². The highest BCUT2D eigenvalue weighted by Gasteiger charge is 2.27. The molecular formula is C14H27N5. The monoisotopic (exact) mass is 265 g/mol. The molecule has 1 atom stereocenters. The van der Waals surface area contributed by atoms with E-state index in [0.29, 0.717) is 12.6 Å². The minimum atomic E-state index is 0.221. The predicted octanol–water partition coefficient (Wildman–Crippen LogP) is 1.15. The number of aromatic nitrogens is 2. The van der Waals surface area contributed by atoms with Gasteiger partial charge in [-0.25, -0.2) is 4.98 Å². The summed E-state index contributed by atoms with van der Waals surface area (Å²) in [5.74, 6) is 0. The van der Waals surface area contributed by atoms with Gasteiger partial charge in [0, 0.05) is 31.9 Å². The topological polar surface area (TPSA) is 59.1 Å². The van der Waals surface area contributed by atoms with E-state index in [-0.39, 0.29) is 6.04 Å². The maximum atomic E-state index is 5.92. The van der Waals surface area contributed by atoms with Gasteiger partial charge >= 0.3 is 0 Å². The Hall–Kier alpha value is -0.910. The Balaban J connectivity index is 1.87. The molecule has 1 aromatic rings. The number of hydrogen-bond acceptors (Lipinski definition) is 4. The van der Waals surface area contributed by atoms with Crippen molar-refractivity contribution in [3.05, 3.63) is 18.2 Å². The summed E-state index contributed by atoms with van der Waals surface area (Å²) in [5.41, 5.74) is 7.16. The molecule has 0 bridgehead atoms. The second-order valence-corrected chi connectivity index (χ2v) is 5.23. The highest BCUT2D eigenvalue weighted by Crippen LogP contribution is 2.36. The van der Waals surface area contributed by atoms with Gasteiger partial charge in [-0.15, -0.1) is 0 Å². The lowest BCUT2D eigenvalue weighted by atomic mass is 10.2. The summed E-state index contributed by atoms with van der Waals surface area (Å²) in [5, 5.41) is 3.57. The number of nitrogens with two attached hydrogens (primary N) is 1. The Labute approximate surface area is 116 Å². The predicted molar refractivity (Wildman–Crippen MR) is 78.1 cm³/mol. The van der Waals surface area contributed by atoms with Crippen LogP contribution in [0.2, 0.25) is 0 Å². The Bertz CT molecular complexity index is 368. The summed E-state index contributed by atoms with van der Waals surface area (Å²) < 4.78 is 2.29. The molecule has 0 amide bonds. The van der Waals surface area contributed by atoms with Crippen LogP contribution in [0.3, 0.4) is 0 Å². The van der Waals surface area contributed by atoms with Crippen molar-refractivity contribution in [2.45, 2.75) is 38.8 Å². The maximum Gasteiger partial charge on any atom is 0.0951 e. The van der Waals surface area contributed by atoms with Gasteiger partial charge in [-0.05, 0) is 25.9 Å². The zero-order valence-electron chi connectivity index (χ0n) is 12.2. The minimum Gasteiger partial charge on any atom is -0.330 e. The van der Waals surface area contributed by atoms with Crippen LogP contribution in [-0.4, -0.2) is 47.2 Å². The summed E-state index contributed by atoms with van der Waals surface area (Å²) in [6.07, 6.45) is 6.46. The third kappa shape index (κ3) is 3.78. The highest BCUT2D eigenvalue weighted by atomic mass is 15.2. The molecule has 5 heteroatoms. The van der Waals surface area contributed by atoms with Gasteiger partial charge in [0.15, 0.2) is 0 Å². The molecule has 0 radical (unpaired) electrons. The van der Waals surface area contributed by atoms with E-state index in [1.807, 2.05) is 12.5 Å². The van der Waals surface area contributed by atoms with Gasteiger partial charge in [0.05, 0.1) is 18.1 Å². The molecule has 0 aromatic carbocycles. The van der Waals surface area contributed by atoms with Gasteiger partial charge in [0.25, 0.3) is 0 Å².